The third kappa shape index (κ3) is 4.26. The first kappa shape index (κ1) is 20.0. The number of nitrogens with zero attached hydrogens (tertiary/aromatic N) is 1. The van der Waals surface area contributed by atoms with E-state index in [-0.39, 0.29) is 18.8 Å². The van der Waals surface area contributed by atoms with Gasteiger partial charge in [-0.25, -0.2) is 13.6 Å². The first-order valence-electron chi connectivity index (χ1n) is 8.10. The Morgan fingerprint density at radius 2 is 1.92 bits per heavy atom. The zero-order valence-electron chi connectivity index (χ0n) is 14.0. The van der Waals surface area contributed by atoms with Crippen LogP contribution >= 0.6 is 0 Å². The number of carbonyl (C=O) groups excluding carboxylic acids is 2. The molecule has 8 nitrogen and oxygen atoms in total. The second kappa shape index (κ2) is 8.39. The third-order valence-corrected chi connectivity index (χ3v) is 4.12. The van der Waals surface area contributed by atoms with Gasteiger partial charge in [0.25, 0.3) is 5.91 Å². The molecule has 1 aliphatic rings. The van der Waals surface area contributed by atoms with Crippen LogP contribution in [-0.2, 0) is 4.79 Å². The zero-order chi connectivity index (χ0) is 19.4. The van der Waals surface area contributed by atoms with Crippen LogP contribution in [0.3, 0.4) is 0 Å². The van der Waals surface area contributed by atoms with Crippen LogP contribution in [0.25, 0.3) is 0 Å². The maximum absolute atomic E-state index is 13.5. The summed E-state index contributed by atoms with van der Waals surface area (Å²) in [5.41, 5.74) is -0.245. The first-order chi connectivity index (χ1) is 12.3. The molecule has 0 aliphatic carbocycles. The van der Waals surface area contributed by atoms with E-state index in [1.165, 1.54) is 4.90 Å². The quantitative estimate of drug-likeness (QED) is 0.489. The minimum atomic E-state index is -1.74. The number of carbonyl (C=O) groups is 2. The molecule has 0 radical (unpaired) electrons. The van der Waals surface area contributed by atoms with Crippen molar-refractivity contribution in [3.8, 4) is 0 Å². The lowest BCUT2D eigenvalue weighted by Gasteiger charge is -2.43. The lowest BCUT2D eigenvalue weighted by molar-refractivity contribution is -0.175. The van der Waals surface area contributed by atoms with E-state index in [4.69, 9.17) is 0 Å². The smallest absolute Gasteiger partial charge is 0.319 e. The summed E-state index contributed by atoms with van der Waals surface area (Å²) in [4.78, 5) is 25.2. The minimum absolute atomic E-state index is 0.209. The summed E-state index contributed by atoms with van der Waals surface area (Å²) in [5, 5.41) is 34.1. The van der Waals surface area contributed by atoms with Crippen molar-refractivity contribution in [2.24, 2.45) is 0 Å². The molecule has 1 aliphatic heterocycles. The van der Waals surface area contributed by atoms with Gasteiger partial charge in [-0.1, -0.05) is 6.92 Å². The number of benzene rings is 1. The van der Waals surface area contributed by atoms with Crippen LogP contribution in [-0.4, -0.2) is 69.6 Å². The summed E-state index contributed by atoms with van der Waals surface area (Å²) in [6.07, 6.45) is -4.36. The summed E-state index contributed by atoms with van der Waals surface area (Å²) in [5.74, 6) is -2.50. The highest BCUT2D eigenvalue weighted by Crippen LogP contribution is 2.20. The molecular weight excluding hydrogens is 352 g/mol. The Kier molecular flexibility index (Phi) is 6.46. The number of rotatable bonds is 5. The van der Waals surface area contributed by atoms with Crippen molar-refractivity contribution in [2.75, 3.05) is 18.4 Å². The predicted octanol–water partition coefficient (Wildman–Crippen LogP) is -0.210. The Hall–Kier alpha value is -2.30. The zero-order valence-corrected chi connectivity index (χ0v) is 14.0. The molecule has 1 aromatic carbocycles. The standard InChI is InChI=1S/C16H21F2N3O5/c1-2-5-21-11(12(22)13(23)14(24)15(21)25)7-19-16(26)20-10-4-3-8(17)6-9(10)18/h3-4,6,11-14,22-24H,2,5,7H2,1H3,(H2,19,20,26)/t11-,12-,13-,14-/m1/s1. The SMILES string of the molecule is CCCN1C(=O)[C@H](O)[C@H](O)[C@H](O)[C@H]1CNC(=O)Nc1ccc(F)cc1F. The molecule has 4 atom stereocenters. The van der Waals surface area contributed by atoms with E-state index in [2.05, 4.69) is 10.6 Å². The summed E-state index contributed by atoms with van der Waals surface area (Å²) < 4.78 is 26.4. The van der Waals surface area contributed by atoms with Gasteiger partial charge in [0.1, 0.15) is 23.8 Å². The average Bonchev–Trinajstić information content (AvgIpc) is 2.60. The van der Waals surface area contributed by atoms with Gasteiger partial charge in [0.05, 0.1) is 11.7 Å². The van der Waals surface area contributed by atoms with E-state index in [9.17, 15) is 33.7 Å². The fraction of sp³-hybridized carbons (Fsp3) is 0.500. The fourth-order valence-corrected chi connectivity index (χ4v) is 2.78. The second-order valence-electron chi connectivity index (χ2n) is 5.98. The first-order valence-corrected chi connectivity index (χ1v) is 8.10. The number of anilines is 1. The van der Waals surface area contributed by atoms with Gasteiger partial charge in [-0.2, -0.15) is 0 Å². The van der Waals surface area contributed by atoms with Crippen molar-refractivity contribution >= 4 is 17.6 Å². The molecule has 0 saturated carbocycles. The van der Waals surface area contributed by atoms with E-state index in [0.717, 1.165) is 12.1 Å². The van der Waals surface area contributed by atoms with Crippen molar-refractivity contribution in [2.45, 2.75) is 37.7 Å². The minimum Gasteiger partial charge on any atom is -0.388 e. The van der Waals surface area contributed by atoms with Gasteiger partial charge >= 0.3 is 6.03 Å². The van der Waals surface area contributed by atoms with Crippen LogP contribution in [0.4, 0.5) is 19.3 Å². The Bertz CT molecular complexity index is 675. The van der Waals surface area contributed by atoms with Crippen LogP contribution in [0.15, 0.2) is 18.2 Å². The van der Waals surface area contributed by atoms with Crippen LogP contribution < -0.4 is 10.6 Å². The summed E-state index contributed by atoms with van der Waals surface area (Å²) in [6.45, 7) is 1.75. The van der Waals surface area contributed by atoms with Crippen molar-refractivity contribution in [3.05, 3.63) is 29.8 Å². The van der Waals surface area contributed by atoms with E-state index < -0.39 is 47.9 Å². The van der Waals surface area contributed by atoms with E-state index >= 15 is 0 Å². The number of amides is 3. The number of urea groups is 1. The second-order valence-corrected chi connectivity index (χ2v) is 5.98. The molecule has 0 aromatic heterocycles. The number of aliphatic hydroxyl groups is 3. The molecule has 0 bridgehead atoms. The van der Waals surface area contributed by atoms with Crippen LogP contribution in [0.2, 0.25) is 0 Å². The van der Waals surface area contributed by atoms with Gasteiger partial charge in [-0.3, -0.25) is 4.79 Å². The van der Waals surface area contributed by atoms with Crippen molar-refractivity contribution in [3.63, 3.8) is 0 Å². The molecule has 26 heavy (non-hydrogen) atoms. The van der Waals surface area contributed by atoms with Gasteiger partial charge < -0.3 is 30.9 Å². The maximum atomic E-state index is 13.5. The Balaban J connectivity index is 2.02. The topological polar surface area (TPSA) is 122 Å². The normalized spacial score (nSPS) is 25.9. The lowest BCUT2D eigenvalue weighted by atomic mass is 9.93. The van der Waals surface area contributed by atoms with E-state index in [1.807, 2.05) is 0 Å². The molecular formula is C16H21F2N3O5. The number of hydrogen-bond acceptors (Lipinski definition) is 5. The Morgan fingerprint density at radius 1 is 1.23 bits per heavy atom. The third-order valence-electron chi connectivity index (χ3n) is 4.12. The highest BCUT2D eigenvalue weighted by Gasteiger charge is 2.46. The van der Waals surface area contributed by atoms with Gasteiger partial charge in [-0.15, -0.1) is 0 Å². The Morgan fingerprint density at radius 3 is 2.54 bits per heavy atom. The highest BCUT2D eigenvalue weighted by molar-refractivity contribution is 5.89. The van der Waals surface area contributed by atoms with Crippen LogP contribution in [0, 0.1) is 11.6 Å². The number of aliphatic hydroxyl groups excluding tert-OH is 3. The number of likely N-dealkylation sites (tertiary alicyclic amines) is 1. The molecule has 1 aromatic rings. The molecule has 1 heterocycles. The van der Waals surface area contributed by atoms with Crippen molar-refractivity contribution in [1.82, 2.24) is 10.2 Å². The largest absolute Gasteiger partial charge is 0.388 e. The van der Waals surface area contributed by atoms with Crippen molar-refractivity contribution in [1.29, 1.82) is 0 Å². The van der Waals surface area contributed by atoms with Gasteiger partial charge in [0, 0.05) is 19.2 Å². The lowest BCUT2D eigenvalue weighted by Crippen LogP contribution is -2.66. The molecule has 10 heteroatoms. The maximum Gasteiger partial charge on any atom is 0.319 e. The Labute approximate surface area is 148 Å². The molecule has 1 fully saturated rings. The molecule has 0 unspecified atom stereocenters. The monoisotopic (exact) mass is 373 g/mol. The molecule has 2 rings (SSSR count). The summed E-state index contributed by atoms with van der Waals surface area (Å²) >= 11 is 0. The number of piperidine rings is 1. The number of hydrogen-bond donors (Lipinski definition) is 5. The van der Waals surface area contributed by atoms with Crippen LogP contribution in [0.1, 0.15) is 13.3 Å². The number of nitrogens with one attached hydrogen (secondary N) is 2. The van der Waals surface area contributed by atoms with Crippen molar-refractivity contribution < 1.29 is 33.7 Å². The van der Waals surface area contributed by atoms with Crippen LogP contribution in [0.5, 0.6) is 0 Å². The average molecular weight is 373 g/mol. The predicted molar refractivity (Wildman–Crippen MR) is 87.2 cm³/mol. The summed E-state index contributed by atoms with van der Waals surface area (Å²) in [7, 11) is 0. The molecule has 5 N–H and O–H groups in total. The molecule has 3 amide bonds. The molecule has 0 spiro atoms. The molecule has 1 saturated heterocycles. The fourth-order valence-electron chi connectivity index (χ4n) is 2.78. The van der Waals surface area contributed by atoms with E-state index in [0.29, 0.717) is 12.5 Å². The molecule has 144 valence electrons. The van der Waals surface area contributed by atoms with E-state index in [1.54, 1.807) is 6.92 Å². The van der Waals surface area contributed by atoms with Gasteiger partial charge in [-0.05, 0) is 18.6 Å². The number of halogens is 2. The highest BCUT2D eigenvalue weighted by atomic mass is 19.1. The van der Waals surface area contributed by atoms with Gasteiger partial charge in [0.2, 0.25) is 0 Å². The summed E-state index contributed by atoms with van der Waals surface area (Å²) in [6, 6.07) is 0.826. The van der Waals surface area contributed by atoms with Gasteiger partial charge in [0.15, 0.2) is 6.10 Å².